The molecule has 3 N–H and O–H groups in total. The Morgan fingerprint density at radius 3 is 2.07 bits per heavy atom. The van der Waals surface area contributed by atoms with Crippen molar-refractivity contribution in [1.82, 2.24) is 0 Å². The molecule has 1 amide bonds. The molecular formula is C38H46N2O5. The Balaban J connectivity index is 1.44. The first kappa shape index (κ1) is 33.4. The molecule has 7 nitrogen and oxygen atoms in total. The number of phenols is 1. The molecule has 7 heteroatoms. The summed E-state index contributed by atoms with van der Waals surface area (Å²) in [7, 11) is 1.73. The topological polar surface area (TPSA) is 96.9 Å². The van der Waals surface area contributed by atoms with Gasteiger partial charge in [-0.05, 0) is 49.2 Å². The zero-order chi connectivity index (χ0) is 32.0. The summed E-state index contributed by atoms with van der Waals surface area (Å²) in [6, 6.07) is 21.0. The molecule has 0 unspecified atom stereocenters. The molecule has 0 atom stereocenters. The van der Waals surface area contributed by atoms with E-state index in [-0.39, 0.29) is 17.1 Å². The van der Waals surface area contributed by atoms with Crippen LogP contribution in [0, 0.1) is 6.92 Å². The Morgan fingerprint density at radius 2 is 1.36 bits per heavy atom. The Kier molecular flexibility index (Phi) is 12.7. The number of carbonyl (C=O) groups excluding carboxylic acids is 2. The van der Waals surface area contributed by atoms with Crippen molar-refractivity contribution in [3.63, 3.8) is 0 Å². The molecule has 4 aromatic carbocycles. The van der Waals surface area contributed by atoms with Gasteiger partial charge in [0.05, 0.1) is 23.4 Å². The summed E-state index contributed by atoms with van der Waals surface area (Å²) in [5.41, 5.74) is 2.43. The number of benzene rings is 4. The number of aryl methyl sites for hydroxylation is 1. The van der Waals surface area contributed by atoms with E-state index < -0.39 is 11.9 Å². The van der Waals surface area contributed by atoms with E-state index in [1.54, 1.807) is 49.5 Å². The number of unbranched alkanes of at least 4 members (excludes halogenated alkanes) is 9. The maximum absolute atomic E-state index is 13.6. The Hall–Kier alpha value is -4.52. The molecule has 0 saturated heterocycles. The van der Waals surface area contributed by atoms with Gasteiger partial charge in [-0.3, -0.25) is 4.79 Å². The summed E-state index contributed by atoms with van der Waals surface area (Å²) < 4.78 is 11.9. The quantitative estimate of drug-likeness (QED) is 0.0626. The van der Waals surface area contributed by atoms with E-state index in [0.29, 0.717) is 40.1 Å². The summed E-state index contributed by atoms with van der Waals surface area (Å²) in [6.45, 7) is 4.74. The number of carbonyl (C=O) groups is 2. The van der Waals surface area contributed by atoms with E-state index in [2.05, 4.69) is 17.6 Å². The SMILES string of the molecule is CCCCCCCCCCCCOc1ccc(C)cc1NC(=O)c1cc(OC(=O)c2ccccc2NC)c2ccccc2c1O. The molecule has 4 rings (SSSR count). The van der Waals surface area contributed by atoms with Crippen LogP contribution in [-0.4, -0.2) is 30.6 Å². The molecule has 0 heterocycles. The number of hydrogen-bond acceptors (Lipinski definition) is 6. The van der Waals surface area contributed by atoms with Gasteiger partial charge in [-0.25, -0.2) is 4.79 Å². The monoisotopic (exact) mass is 610 g/mol. The average Bonchev–Trinajstić information content (AvgIpc) is 3.05. The van der Waals surface area contributed by atoms with E-state index in [0.717, 1.165) is 18.4 Å². The fraction of sp³-hybridized carbons (Fsp3) is 0.368. The van der Waals surface area contributed by atoms with Crippen LogP contribution in [-0.2, 0) is 0 Å². The first-order chi connectivity index (χ1) is 21.9. The maximum Gasteiger partial charge on any atom is 0.345 e. The van der Waals surface area contributed by atoms with Gasteiger partial charge in [-0.2, -0.15) is 0 Å². The number of phenolic OH excluding ortho intramolecular Hbond substituents is 1. The first-order valence-electron chi connectivity index (χ1n) is 16.2. The number of nitrogens with one attached hydrogen (secondary N) is 2. The van der Waals surface area contributed by atoms with E-state index in [4.69, 9.17) is 9.47 Å². The lowest BCUT2D eigenvalue weighted by molar-refractivity contribution is 0.0737. The molecule has 45 heavy (non-hydrogen) atoms. The highest BCUT2D eigenvalue weighted by atomic mass is 16.5. The van der Waals surface area contributed by atoms with Crippen LogP contribution >= 0.6 is 0 Å². The molecular weight excluding hydrogens is 564 g/mol. The van der Waals surface area contributed by atoms with Crippen LogP contribution in [0.3, 0.4) is 0 Å². The maximum atomic E-state index is 13.6. The minimum Gasteiger partial charge on any atom is -0.506 e. The fourth-order valence-electron chi connectivity index (χ4n) is 5.45. The van der Waals surface area contributed by atoms with Gasteiger partial charge in [-0.1, -0.05) is 107 Å². The van der Waals surface area contributed by atoms with Gasteiger partial charge in [0.1, 0.15) is 17.2 Å². The van der Waals surface area contributed by atoms with Gasteiger partial charge in [0.15, 0.2) is 0 Å². The van der Waals surface area contributed by atoms with Gasteiger partial charge in [0.25, 0.3) is 5.91 Å². The lowest BCUT2D eigenvalue weighted by atomic mass is 10.0. The van der Waals surface area contributed by atoms with Crippen molar-refractivity contribution in [2.75, 3.05) is 24.3 Å². The van der Waals surface area contributed by atoms with Crippen molar-refractivity contribution in [2.24, 2.45) is 0 Å². The Morgan fingerprint density at radius 1 is 0.711 bits per heavy atom. The van der Waals surface area contributed by atoms with E-state index in [1.165, 1.54) is 57.4 Å². The van der Waals surface area contributed by atoms with E-state index >= 15 is 0 Å². The van der Waals surface area contributed by atoms with Crippen LogP contribution in [0.5, 0.6) is 17.2 Å². The molecule has 0 saturated carbocycles. The minimum absolute atomic E-state index is 0.0134. The fourth-order valence-corrected chi connectivity index (χ4v) is 5.45. The van der Waals surface area contributed by atoms with E-state index in [1.807, 2.05) is 31.2 Å². The summed E-state index contributed by atoms with van der Waals surface area (Å²) >= 11 is 0. The number of esters is 1. The molecule has 0 aliphatic heterocycles. The molecule has 0 aliphatic rings. The van der Waals surface area contributed by atoms with Gasteiger partial charge in [-0.15, -0.1) is 0 Å². The van der Waals surface area contributed by atoms with Gasteiger partial charge >= 0.3 is 5.97 Å². The van der Waals surface area contributed by atoms with Gasteiger partial charge in [0.2, 0.25) is 0 Å². The molecule has 0 aromatic heterocycles. The number of anilines is 2. The van der Waals surface area contributed by atoms with Crippen molar-refractivity contribution in [3.8, 4) is 17.2 Å². The van der Waals surface area contributed by atoms with Crippen LogP contribution in [0.4, 0.5) is 11.4 Å². The molecule has 0 bridgehead atoms. The molecule has 0 spiro atoms. The van der Waals surface area contributed by atoms with Crippen molar-refractivity contribution >= 4 is 34.0 Å². The molecule has 0 radical (unpaired) electrons. The minimum atomic E-state index is -0.580. The second-order valence-electron chi connectivity index (χ2n) is 11.5. The standard InChI is InChI=1S/C38H46N2O5/c1-4-5-6-7-8-9-10-11-12-17-24-44-34-23-22-27(2)25-33(34)40-37(42)31-26-35(28-18-13-14-19-29(28)36(31)41)45-38(43)30-20-15-16-21-32(30)39-3/h13-16,18-23,25-26,39,41H,4-12,17,24H2,1-3H3,(H,40,42). The lowest BCUT2D eigenvalue weighted by Crippen LogP contribution is -2.15. The van der Waals surface area contributed by atoms with Crippen LogP contribution in [0.25, 0.3) is 10.8 Å². The normalized spacial score (nSPS) is 10.9. The second-order valence-corrected chi connectivity index (χ2v) is 11.5. The van der Waals surface area contributed by atoms with Gasteiger partial charge < -0.3 is 25.2 Å². The molecule has 0 fully saturated rings. The highest BCUT2D eigenvalue weighted by Crippen LogP contribution is 2.37. The Bertz CT molecular complexity index is 1580. The summed E-state index contributed by atoms with van der Waals surface area (Å²) in [6.07, 6.45) is 12.4. The van der Waals surface area contributed by atoms with Crippen molar-refractivity contribution < 1.29 is 24.2 Å². The van der Waals surface area contributed by atoms with Crippen LogP contribution in [0.2, 0.25) is 0 Å². The number of ether oxygens (including phenoxy) is 2. The number of fused-ring (bicyclic) bond motifs is 1. The number of rotatable bonds is 17. The average molecular weight is 611 g/mol. The third-order valence-corrected chi connectivity index (χ3v) is 7.98. The number of hydrogen-bond donors (Lipinski definition) is 3. The number of para-hydroxylation sites is 1. The summed E-state index contributed by atoms with van der Waals surface area (Å²) in [4.78, 5) is 26.8. The molecule has 0 aliphatic carbocycles. The van der Waals surface area contributed by atoms with Gasteiger partial charge in [0, 0.05) is 23.5 Å². The highest BCUT2D eigenvalue weighted by Gasteiger charge is 2.22. The number of aromatic hydroxyl groups is 1. The predicted molar refractivity (Wildman–Crippen MR) is 183 cm³/mol. The molecule has 4 aromatic rings. The van der Waals surface area contributed by atoms with Crippen molar-refractivity contribution in [1.29, 1.82) is 0 Å². The Labute approximate surface area is 267 Å². The van der Waals surface area contributed by atoms with Crippen LogP contribution in [0.1, 0.15) is 97.4 Å². The second kappa shape index (κ2) is 17.1. The first-order valence-corrected chi connectivity index (χ1v) is 16.2. The van der Waals surface area contributed by atoms with Crippen molar-refractivity contribution in [2.45, 2.75) is 78.1 Å². The third-order valence-electron chi connectivity index (χ3n) is 7.98. The zero-order valence-electron chi connectivity index (χ0n) is 26.8. The molecule has 238 valence electrons. The van der Waals surface area contributed by atoms with Crippen molar-refractivity contribution in [3.05, 3.63) is 89.5 Å². The smallest absolute Gasteiger partial charge is 0.345 e. The van der Waals surface area contributed by atoms with E-state index in [9.17, 15) is 14.7 Å². The number of amides is 1. The summed E-state index contributed by atoms with van der Waals surface area (Å²) in [5, 5.41) is 18.0. The highest BCUT2D eigenvalue weighted by molar-refractivity contribution is 6.12. The zero-order valence-corrected chi connectivity index (χ0v) is 26.8. The van der Waals surface area contributed by atoms with Crippen LogP contribution < -0.4 is 20.1 Å². The third kappa shape index (κ3) is 9.24. The van der Waals surface area contributed by atoms with Crippen LogP contribution in [0.15, 0.2) is 72.8 Å². The summed E-state index contributed by atoms with van der Waals surface area (Å²) in [5.74, 6) is -0.574. The predicted octanol–water partition coefficient (Wildman–Crippen LogP) is 9.67. The lowest BCUT2D eigenvalue weighted by Gasteiger charge is -2.16. The largest absolute Gasteiger partial charge is 0.506 e.